The lowest BCUT2D eigenvalue weighted by molar-refractivity contribution is 0.321. The van der Waals surface area contributed by atoms with Gasteiger partial charge in [-0.2, -0.15) is 0 Å². The number of benzene rings is 2. The fourth-order valence-electron chi connectivity index (χ4n) is 2.27. The summed E-state index contributed by atoms with van der Waals surface area (Å²) in [7, 11) is -3.21. The van der Waals surface area contributed by atoms with Crippen molar-refractivity contribution in [2.45, 2.75) is 18.4 Å². The molecule has 0 saturated heterocycles. The van der Waals surface area contributed by atoms with E-state index in [0.717, 1.165) is 11.8 Å². The highest BCUT2D eigenvalue weighted by atomic mass is 127. The Morgan fingerprint density at radius 1 is 1.14 bits per heavy atom. The van der Waals surface area contributed by atoms with Crippen molar-refractivity contribution < 1.29 is 17.5 Å². The molecule has 2 aromatic rings. The summed E-state index contributed by atoms with van der Waals surface area (Å²) in [6.07, 6.45) is 1.16. The Morgan fingerprint density at radius 3 is 2.46 bits per heavy atom. The minimum absolute atomic E-state index is 0. The van der Waals surface area contributed by atoms with Crippen LogP contribution in [0.25, 0.3) is 0 Å². The van der Waals surface area contributed by atoms with Crippen LogP contribution < -0.4 is 15.4 Å². The van der Waals surface area contributed by atoms with Crippen molar-refractivity contribution in [2.24, 2.45) is 4.99 Å². The molecule has 0 aromatic heterocycles. The van der Waals surface area contributed by atoms with Gasteiger partial charge in [-0.25, -0.2) is 17.8 Å². The maximum Gasteiger partial charge on any atom is 0.191 e. The summed E-state index contributed by atoms with van der Waals surface area (Å²) in [5.41, 5.74) is 0.786. The maximum absolute atomic E-state index is 13.2. The van der Waals surface area contributed by atoms with E-state index >= 15 is 0 Å². The fourth-order valence-corrected chi connectivity index (χ4v) is 2.90. The number of ether oxygens (including phenoxy) is 1. The van der Waals surface area contributed by atoms with Gasteiger partial charge in [0.2, 0.25) is 0 Å². The van der Waals surface area contributed by atoms with E-state index in [1.54, 1.807) is 18.2 Å². The zero-order chi connectivity index (χ0) is 19.7. The Hall–Kier alpha value is -1.88. The summed E-state index contributed by atoms with van der Waals surface area (Å²) < 4.78 is 41.7. The summed E-state index contributed by atoms with van der Waals surface area (Å²) in [4.78, 5) is 4.67. The maximum atomic E-state index is 13.2. The van der Waals surface area contributed by atoms with Crippen molar-refractivity contribution in [1.82, 2.24) is 10.6 Å². The number of hydrogen-bond donors (Lipinski definition) is 2. The van der Waals surface area contributed by atoms with Crippen LogP contribution in [-0.2, 0) is 16.4 Å². The van der Waals surface area contributed by atoms with Crippen LogP contribution in [-0.4, -0.2) is 40.3 Å². The number of sulfone groups is 1. The van der Waals surface area contributed by atoms with Crippen LogP contribution in [0.5, 0.6) is 5.75 Å². The number of nitrogens with zero attached hydrogens (tertiary/aromatic N) is 1. The molecule has 0 amide bonds. The monoisotopic (exact) mass is 521 g/mol. The number of guanidine groups is 1. The Labute approximate surface area is 182 Å². The van der Waals surface area contributed by atoms with Gasteiger partial charge in [-0.05, 0) is 48.9 Å². The first kappa shape index (κ1) is 24.2. The van der Waals surface area contributed by atoms with Gasteiger partial charge in [-0.1, -0.05) is 12.1 Å². The first-order chi connectivity index (χ1) is 12.9. The molecule has 0 atom stereocenters. The number of nitrogens with one attached hydrogen (secondary N) is 2. The van der Waals surface area contributed by atoms with Crippen LogP contribution in [0.3, 0.4) is 0 Å². The molecule has 0 heterocycles. The van der Waals surface area contributed by atoms with E-state index in [1.807, 2.05) is 13.0 Å². The zero-order valence-corrected chi connectivity index (χ0v) is 19.0. The lowest BCUT2D eigenvalue weighted by atomic mass is 10.2. The highest BCUT2D eigenvalue weighted by Crippen LogP contribution is 2.15. The standard InChI is InChI=1S/C19H24FN3O3S.HI/c1-3-21-19(23-14-15-5-4-6-16(20)13-15)22-11-12-26-17-7-9-18(10-8-17)27(2,24)25;/h4-10,13H,3,11-12,14H2,1-2H3,(H2,21,22,23);1H. The minimum Gasteiger partial charge on any atom is -0.492 e. The smallest absolute Gasteiger partial charge is 0.191 e. The fraction of sp³-hybridized carbons (Fsp3) is 0.316. The minimum atomic E-state index is -3.21. The molecule has 0 spiro atoms. The summed E-state index contributed by atoms with van der Waals surface area (Å²) in [5.74, 6) is 0.916. The van der Waals surface area contributed by atoms with E-state index in [2.05, 4.69) is 15.6 Å². The SMILES string of the molecule is CCNC(=NCc1cccc(F)c1)NCCOc1ccc(S(C)(=O)=O)cc1.I. The first-order valence-electron chi connectivity index (χ1n) is 8.58. The van der Waals surface area contributed by atoms with Crippen LogP contribution in [0.2, 0.25) is 0 Å². The third-order valence-corrected chi connectivity index (χ3v) is 4.70. The Kier molecular flexibility index (Phi) is 10.2. The van der Waals surface area contributed by atoms with Gasteiger partial charge in [0, 0.05) is 12.8 Å². The molecule has 2 aromatic carbocycles. The van der Waals surface area contributed by atoms with E-state index in [9.17, 15) is 12.8 Å². The summed E-state index contributed by atoms with van der Waals surface area (Å²) in [5, 5.41) is 6.25. The van der Waals surface area contributed by atoms with Crippen molar-refractivity contribution in [3.8, 4) is 5.75 Å². The second-order valence-electron chi connectivity index (χ2n) is 5.84. The molecule has 0 aliphatic rings. The second-order valence-corrected chi connectivity index (χ2v) is 7.86. The van der Waals surface area contributed by atoms with Crippen LogP contribution in [0.1, 0.15) is 12.5 Å². The quantitative estimate of drug-likeness (QED) is 0.242. The van der Waals surface area contributed by atoms with E-state index in [1.165, 1.54) is 24.3 Å². The molecular formula is C19H25FIN3O3S. The Bertz CT molecular complexity index is 874. The average Bonchev–Trinajstić information content (AvgIpc) is 2.63. The van der Waals surface area contributed by atoms with Gasteiger partial charge in [-0.15, -0.1) is 24.0 Å². The molecule has 28 heavy (non-hydrogen) atoms. The van der Waals surface area contributed by atoms with E-state index in [-0.39, 0.29) is 34.7 Å². The first-order valence-corrected chi connectivity index (χ1v) is 10.5. The van der Waals surface area contributed by atoms with Gasteiger partial charge in [0.1, 0.15) is 18.2 Å². The van der Waals surface area contributed by atoms with Crippen LogP contribution in [0.15, 0.2) is 58.4 Å². The van der Waals surface area contributed by atoms with E-state index in [0.29, 0.717) is 38.0 Å². The summed E-state index contributed by atoms with van der Waals surface area (Å²) >= 11 is 0. The second kappa shape index (κ2) is 11.8. The largest absolute Gasteiger partial charge is 0.492 e. The van der Waals surface area contributed by atoms with Crippen molar-refractivity contribution >= 4 is 39.8 Å². The molecule has 0 saturated carbocycles. The molecule has 0 radical (unpaired) electrons. The Balaban J connectivity index is 0.00000392. The topological polar surface area (TPSA) is 79.8 Å². The normalized spacial score (nSPS) is 11.5. The molecule has 6 nitrogen and oxygen atoms in total. The van der Waals surface area contributed by atoms with E-state index in [4.69, 9.17) is 4.74 Å². The molecule has 0 aliphatic carbocycles. The van der Waals surface area contributed by atoms with Crippen molar-refractivity contribution in [3.05, 3.63) is 59.9 Å². The van der Waals surface area contributed by atoms with Crippen molar-refractivity contribution in [3.63, 3.8) is 0 Å². The lowest BCUT2D eigenvalue weighted by Crippen LogP contribution is -2.39. The summed E-state index contributed by atoms with van der Waals surface area (Å²) in [6.45, 7) is 3.90. The average molecular weight is 521 g/mol. The van der Waals surface area contributed by atoms with Crippen molar-refractivity contribution in [1.29, 1.82) is 0 Å². The third kappa shape index (κ3) is 8.42. The lowest BCUT2D eigenvalue weighted by Gasteiger charge is -2.12. The summed E-state index contributed by atoms with van der Waals surface area (Å²) in [6, 6.07) is 12.6. The molecule has 0 aliphatic heterocycles. The molecular weight excluding hydrogens is 496 g/mol. The molecule has 0 unspecified atom stereocenters. The van der Waals surface area contributed by atoms with Crippen LogP contribution in [0, 0.1) is 5.82 Å². The molecule has 0 fully saturated rings. The van der Waals surface area contributed by atoms with Crippen LogP contribution >= 0.6 is 24.0 Å². The molecule has 2 rings (SSSR count). The number of hydrogen-bond acceptors (Lipinski definition) is 4. The third-order valence-electron chi connectivity index (χ3n) is 3.57. The van der Waals surface area contributed by atoms with Crippen molar-refractivity contribution in [2.75, 3.05) is 26.0 Å². The number of rotatable bonds is 8. The predicted octanol–water partition coefficient (Wildman–Crippen LogP) is 2.98. The van der Waals surface area contributed by atoms with E-state index < -0.39 is 9.84 Å². The highest BCUT2D eigenvalue weighted by molar-refractivity contribution is 14.0. The predicted molar refractivity (Wildman–Crippen MR) is 120 cm³/mol. The molecule has 154 valence electrons. The van der Waals surface area contributed by atoms with Gasteiger partial charge >= 0.3 is 0 Å². The molecule has 0 bridgehead atoms. The van der Waals surface area contributed by atoms with Gasteiger partial charge < -0.3 is 15.4 Å². The highest BCUT2D eigenvalue weighted by Gasteiger charge is 2.06. The number of aliphatic imine (C=N–C) groups is 1. The van der Waals surface area contributed by atoms with Gasteiger partial charge in [0.25, 0.3) is 0 Å². The number of halogens is 2. The Morgan fingerprint density at radius 2 is 1.86 bits per heavy atom. The molecule has 9 heteroatoms. The zero-order valence-electron chi connectivity index (χ0n) is 15.8. The van der Waals surface area contributed by atoms with Gasteiger partial charge in [0.05, 0.1) is 18.0 Å². The van der Waals surface area contributed by atoms with Crippen LogP contribution in [0.4, 0.5) is 4.39 Å². The molecule has 2 N–H and O–H groups in total. The van der Waals surface area contributed by atoms with Gasteiger partial charge in [0.15, 0.2) is 15.8 Å². The van der Waals surface area contributed by atoms with Gasteiger partial charge in [-0.3, -0.25) is 0 Å².